The summed E-state index contributed by atoms with van der Waals surface area (Å²) in [7, 11) is 0. The number of halogens is 2. The predicted octanol–water partition coefficient (Wildman–Crippen LogP) is 7.44. The van der Waals surface area contributed by atoms with Crippen LogP contribution in [-0.4, -0.2) is 4.98 Å². The van der Waals surface area contributed by atoms with Crippen molar-refractivity contribution in [2.75, 3.05) is 0 Å². The summed E-state index contributed by atoms with van der Waals surface area (Å²) >= 11 is 13.5. The van der Waals surface area contributed by atoms with Crippen LogP contribution in [-0.2, 0) is 0 Å². The molecule has 0 spiro atoms. The van der Waals surface area contributed by atoms with Gasteiger partial charge in [-0.15, -0.1) is 11.3 Å². The van der Waals surface area contributed by atoms with Crippen LogP contribution in [0.5, 0.6) is 0 Å². The first-order valence-electron chi connectivity index (χ1n) is 8.32. The molecule has 3 nitrogen and oxygen atoms in total. The van der Waals surface area contributed by atoms with Crippen LogP contribution in [0.15, 0.2) is 70.5 Å². The van der Waals surface area contributed by atoms with Crippen LogP contribution in [0.2, 0.25) is 10.0 Å². The monoisotopic (exact) mass is 422 g/mol. The van der Waals surface area contributed by atoms with Crippen molar-refractivity contribution in [3.05, 3.63) is 86.9 Å². The van der Waals surface area contributed by atoms with E-state index in [1.807, 2.05) is 41.8 Å². The molecule has 4 aromatic rings. The van der Waals surface area contributed by atoms with Crippen LogP contribution in [0.4, 0.5) is 0 Å². The average molecular weight is 423 g/mol. The van der Waals surface area contributed by atoms with E-state index in [4.69, 9.17) is 27.6 Å². The molecule has 136 valence electrons. The molecular formula is C22H12Cl2N2OS. The first-order chi connectivity index (χ1) is 13.6. The van der Waals surface area contributed by atoms with Crippen molar-refractivity contribution in [3.8, 4) is 28.7 Å². The number of furan rings is 1. The Labute approximate surface area is 176 Å². The van der Waals surface area contributed by atoms with Gasteiger partial charge in [-0.25, -0.2) is 4.98 Å². The van der Waals surface area contributed by atoms with Gasteiger partial charge in [0.05, 0.1) is 11.3 Å². The fraction of sp³-hybridized carbons (Fsp3) is 0. The number of hydrogen-bond donors (Lipinski definition) is 0. The third-order valence-electron chi connectivity index (χ3n) is 3.99. The number of thiazole rings is 1. The molecule has 0 aliphatic carbocycles. The molecule has 0 radical (unpaired) electrons. The van der Waals surface area contributed by atoms with Gasteiger partial charge in [0.1, 0.15) is 22.6 Å². The molecule has 2 aromatic heterocycles. The molecule has 0 unspecified atom stereocenters. The Kier molecular flexibility index (Phi) is 5.31. The Morgan fingerprint density at radius 3 is 2.46 bits per heavy atom. The maximum atomic E-state index is 9.59. The van der Waals surface area contributed by atoms with Gasteiger partial charge < -0.3 is 4.42 Å². The highest BCUT2D eigenvalue weighted by Crippen LogP contribution is 2.31. The normalized spacial score (nSPS) is 11.4. The predicted molar refractivity (Wildman–Crippen MR) is 115 cm³/mol. The molecule has 2 heterocycles. The van der Waals surface area contributed by atoms with Gasteiger partial charge in [-0.1, -0.05) is 53.5 Å². The van der Waals surface area contributed by atoms with E-state index in [-0.39, 0.29) is 0 Å². The van der Waals surface area contributed by atoms with E-state index in [9.17, 15) is 5.26 Å². The summed E-state index contributed by atoms with van der Waals surface area (Å²) in [5, 5.41) is 13.2. The van der Waals surface area contributed by atoms with E-state index in [1.54, 1.807) is 30.3 Å². The molecule has 0 saturated carbocycles. The summed E-state index contributed by atoms with van der Waals surface area (Å²) in [6.45, 7) is 0. The number of nitriles is 1. The third-order valence-corrected chi connectivity index (χ3v) is 5.30. The molecule has 6 heteroatoms. The maximum absolute atomic E-state index is 9.59. The quantitative estimate of drug-likeness (QED) is 0.321. The molecule has 0 bridgehead atoms. The Morgan fingerprint density at radius 1 is 1.00 bits per heavy atom. The zero-order valence-electron chi connectivity index (χ0n) is 14.4. The smallest absolute Gasteiger partial charge is 0.134 e. The van der Waals surface area contributed by atoms with Crippen molar-refractivity contribution in [2.24, 2.45) is 0 Å². The summed E-state index contributed by atoms with van der Waals surface area (Å²) in [5.41, 5.74) is 3.07. The van der Waals surface area contributed by atoms with Crippen LogP contribution in [0.1, 0.15) is 10.8 Å². The highest BCUT2D eigenvalue weighted by atomic mass is 35.5. The molecule has 0 atom stereocenters. The first-order valence-corrected chi connectivity index (χ1v) is 9.95. The number of hydrogen-bond acceptors (Lipinski definition) is 4. The van der Waals surface area contributed by atoms with Crippen molar-refractivity contribution in [1.29, 1.82) is 5.26 Å². The standard InChI is InChI=1S/C22H12Cl2N2OS/c23-17-8-15(9-18(24)11-17)21-7-6-19(27-21)10-16(12-25)22-26-20(13-28-22)14-4-2-1-3-5-14/h1-11,13H. The molecule has 0 saturated heterocycles. The van der Waals surface area contributed by atoms with Crippen molar-refractivity contribution in [3.63, 3.8) is 0 Å². The summed E-state index contributed by atoms with van der Waals surface area (Å²) in [6, 6.07) is 20.9. The lowest BCUT2D eigenvalue weighted by Crippen LogP contribution is -1.82. The molecule has 2 aromatic carbocycles. The van der Waals surface area contributed by atoms with Crippen LogP contribution in [0.3, 0.4) is 0 Å². The van der Waals surface area contributed by atoms with Gasteiger partial charge in [0, 0.05) is 32.6 Å². The van der Waals surface area contributed by atoms with Gasteiger partial charge >= 0.3 is 0 Å². The van der Waals surface area contributed by atoms with Gasteiger partial charge in [-0.05, 0) is 30.3 Å². The van der Waals surface area contributed by atoms with Crippen LogP contribution in [0, 0.1) is 11.3 Å². The van der Waals surface area contributed by atoms with E-state index >= 15 is 0 Å². The van der Waals surface area contributed by atoms with E-state index in [1.165, 1.54) is 11.3 Å². The van der Waals surface area contributed by atoms with Crippen molar-refractivity contribution < 1.29 is 4.42 Å². The van der Waals surface area contributed by atoms with Crippen molar-refractivity contribution in [1.82, 2.24) is 4.98 Å². The Bertz CT molecular complexity index is 1180. The Hall–Kier alpha value is -2.84. The van der Waals surface area contributed by atoms with Crippen molar-refractivity contribution >= 4 is 46.2 Å². The molecule has 0 amide bonds. The first kappa shape index (κ1) is 18.5. The minimum absolute atomic E-state index is 0.442. The molecule has 0 fully saturated rings. The lowest BCUT2D eigenvalue weighted by Gasteiger charge is -1.99. The Morgan fingerprint density at radius 2 is 1.75 bits per heavy atom. The third kappa shape index (κ3) is 4.02. The number of nitrogens with zero attached hydrogens (tertiary/aromatic N) is 2. The van der Waals surface area contributed by atoms with Gasteiger partial charge in [0.25, 0.3) is 0 Å². The topological polar surface area (TPSA) is 49.8 Å². The summed E-state index contributed by atoms with van der Waals surface area (Å²) < 4.78 is 5.86. The largest absolute Gasteiger partial charge is 0.457 e. The number of allylic oxidation sites excluding steroid dienone is 1. The van der Waals surface area contributed by atoms with Crippen molar-refractivity contribution in [2.45, 2.75) is 0 Å². The van der Waals surface area contributed by atoms with Crippen LogP contribution >= 0.6 is 34.5 Å². The second-order valence-electron chi connectivity index (χ2n) is 5.93. The van der Waals surface area contributed by atoms with Gasteiger partial charge in [0.2, 0.25) is 0 Å². The molecule has 0 N–H and O–H groups in total. The second-order valence-corrected chi connectivity index (χ2v) is 7.66. The molecule has 0 aliphatic rings. The number of benzene rings is 2. The average Bonchev–Trinajstić information content (AvgIpc) is 3.36. The second kappa shape index (κ2) is 8.04. The SMILES string of the molecule is N#CC(=Cc1ccc(-c2cc(Cl)cc(Cl)c2)o1)c1nc(-c2ccccc2)cs1. The lowest BCUT2D eigenvalue weighted by atomic mass is 10.2. The van der Waals surface area contributed by atoms with E-state index in [0.29, 0.717) is 32.1 Å². The van der Waals surface area contributed by atoms with Gasteiger partial charge in [-0.2, -0.15) is 5.26 Å². The number of aromatic nitrogens is 1. The lowest BCUT2D eigenvalue weighted by molar-refractivity contribution is 0.572. The zero-order chi connectivity index (χ0) is 19.5. The summed E-state index contributed by atoms with van der Waals surface area (Å²) in [5.74, 6) is 1.18. The zero-order valence-corrected chi connectivity index (χ0v) is 16.7. The highest BCUT2D eigenvalue weighted by Gasteiger charge is 2.11. The van der Waals surface area contributed by atoms with E-state index in [2.05, 4.69) is 11.1 Å². The van der Waals surface area contributed by atoms with E-state index in [0.717, 1.165) is 16.8 Å². The maximum Gasteiger partial charge on any atom is 0.134 e. The molecule has 4 rings (SSSR count). The minimum atomic E-state index is 0.442. The van der Waals surface area contributed by atoms with Gasteiger partial charge in [0.15, 0.2) is 0 Å². The van der Waals surface area contributed by atoms with Crippen LogP contribution < -0.4 is 0 Å². The minimum Gasteiger partial charge on any atom is -0.457 e. The van der Waals surface area contributed by atoms with Gasteiger partial charge in [-0.3, -0.25) is 0 Å². The summed E-state index contributed by atoms with van der Waals surface area (Å²) in [6.07, 6.45) is 1.68. The molecule has 28 heavy (non-hydrogen) atoms. The fourth-order valence-corrected chi connectivity index (χ4v) is 4.03. The highest BCUT2D eigenvalue weighted by molar-refractivity contribution is 7.11. The summed E-state index contributed by atoms with van der Waals surface area (Å²) in [4.78, 5) is 4.59. The van der Waals surface area contributed by atoms with E-state index < -0.39 is 0 Å². The number of rotatable bonds is 4. The molecular weight excluding hydrogens is 411 g/mol. The van der Waals surface area contributed by atoms with Crippen LogP contribution in [0.25, 0.3) is 34.2 Å². The Balaban J connectivity index is 1.64. The fourth-order valence-electron chi connectivity index (χ4n) is 2.70. The molecule has 0 aliphatic heterocycles.